The molecule has 7 aromatic heterocycles. The molecule has 0 fully saturated rings. The molecule has 0 atom stereocenters. The van der Waals surface area contributed by atoms with E-state index in [1.165, 1.54) is 27.1 Å². The molecule has 14 heteroatoms. The normalized spacial score (nSPS) is 12.1. The van der Waals surface area contributed by atoms with Crippen LogP contribution in [0.15, 0.2) is 329 Å². The fourth-order valence-electron chi connectivity index (χ4n) is 15.6. The number of nitriles is 1. The molecule has 0 unspecified atom stereocenters. The number of aromatic nitrogens is 7. The Balaban J connectivity index is 0.0000000999. The van der Waals surface area contributed by atoms with Gasteiger partial charge in [-0.25, -0.2) is 15.0 Å². The molecular formula is C93H52N8O6. The molecule has 21 aromatic rings. The van der Waals surface area contributed by atoms with Crippen LogP contribution in [0.3, 0.4) is 0 Å². The Kier molecular flexibility index (Phi) is 13.1. The average Bonchev–Trinajstić information content (AvgIpc) is 1.54. The molecule has 0 saturated carbocycles. The van der Waals surface area contributed by atoms with Crippen LogP contribution in [-0.4, -0.2) is 33.6 Å². The van der Waals surface area contributed by atoms with Crippen LogP contribution < -0.4 is 14.2 Å². The van der Waals surface area contributed by atoms with E-state index in [0.29, 0.717) is 28.8 Å². The number of hydrogen-bond acceptors (Lipinski definition) is 11. The Morgan fingerprint density at radius 2 is 0.636 bits per heavy atom. The van der Waals surface area contributed by atoms with Crippen LogP contribution >= 0.6 is 0 Å². The van der Waals surface area contributed by atoms with E-state index in [9.17, 15) is 0 Å². The Hall–Kier alpha value is -15.1. The highest BCUT2D eigenvalue weighted by molar-refractivity contribution is 6.16. The van der Waals surface area contributed by atoms with E-state index in [1.54, 1.807) is 12.1 Å². The summed E-state index contributed by atoms with van der Waals surface area (Å²) in [7, 11) is 0. The maximum absolute atomic E-state index is 9.15. The zero-order valence-electron chi connectivity index (χ0n) is 56.5. The summed E-state index contributed by atoms with van der Waals surface area (Å²) in [6.07, 6.45) is 1.81. The zero-order valence-corrected chi connectivity index (χ0v) is 56.5. The first-order chi connectivity index (χ1) is 52.9. The molecule has 10 heterocycles. The summed E-state index contributed by atoms with van der Waals surface area (Å²) in [5.74, 6) is 6.84. The second-order valence-corrected chi connectivity index (χ2v) is 26.8. The SMILES string of the molecule is N#Cc1ccc2nc(-c3ccc(-c4cc5c6c(c4)c4ccccc4n6-c4ccccc4O5)cc3)oc2c1.c1ccc2c(c1)Oc1cc(-c3ccc(-c4nc5ccccc5o4)cc3)cc3c4ccccc4n-2c13.c1ccc2c(c1)Oc1cc(-c3ccc(-c4nc5ccccc5o4)cn3)cc3c4ccccc4n-2c13. The van der Waals surface area contributed by atoms with Gasteiger partial charge in [0.25, 0.3) is 0 Å². The summed E-state index contributed by atoms with van der Waals surface area (Å²) in [6.45, 7) is 0. The van der Waals surface area contributed by atoms with Crippen molar-refractivity contribution in [3.05, 3.63) is 321 Å². The van der Waals surface area contributed by atoms with Crippen LogP contribution in [0.5, 0.6) is 34.5 Å². The predicted octanol–water partition coefficient (Wildman–Crippen LogP) is 24.4. The lowest BCUT2D eigenvalue weighted by Crippen LogP contribution is -2.04. The Morgan fingerprint density at radius 3 is 1.07 bits per heavy atom. The van der Waals surface area contributed by atoms with E-state index in [4.69, 9.17) is 37.7 Å². The topological polar surface area (TPSA) is 157 Å². The molecule has 107 heavy (non-hydrogen) atoms. The fourth-order valence-corrected chi connectivity index (χ4v) is 15.6. The van der Waals surface area contributed by atoms with Gasteiger partial charge in [0.05, 0.1) is 73.1 Å². The lowest BCUT2D eigenvalue weighted by molar-refractivity contribution is 0.476. The third kappa shape index (κ3) is 9.58. The highest BCUT2D eigenvalue weighted by atomic mass is 16.5. The van der Waals surface area contributed by atoms with Gasteiger partial charge in [0, 0.05) is 61.3 Å². The smallest absolute Gasteiger partial charge is 0.228 e. The van der Waals surface area contributed by atoms with Crippen LogP contribution in [0.1, 0.15) is 5.56 Å². The molecule has 0 N–H and O–H groups in total. The standard InChI is InChI=1S/C32H17N3O2.C31H18N2O2.C30H17N3O2/c33-18-19-9-14-25-29(15-19)37-32(34-25)21-12-10-20(11-13-21)22-16-24-23-5-1-2-6-26(23)35-27-7-3-4-8-28(27)36-30(17-22)31(24)35;1-3-9-25-22(7-1)23-17-21(18-29-30(23)33(25)26-10-4-6-12-28(26)34-29)19-13-15-20(16-14-19)31-32-24-8-2-5-11-27(24)35-31;1-3-9-24-20(7-1)21-15-19(16-28-29(21)33(24)25-10-4-6-12-27(25)34-28)22-14-13-18(17-31-22)30-32-23-8-2-5-11-26(23)35-30/h1-17H;1-18H;1-17H. The van der Waals surface area contributed by atoms with Crippen molar-refractivity contribution in [2.45, 2.75) is 0 Å². The van der Waals surface area contributed by atoms with Crippen LogP contribution in [0.25, 0.3) is 184 Å². The Morgan fingerprint density at radius 1 is 0.271 bits per heavy atom. The van der Waals surface area contributed by atoms with Crippen LogP contribution in [0, 0.1) is 11.3 Å². The van der Waals surface area contributed by atoms with Gasteiger partial charge >= 0.3 is 0 Å². The minimum Gasteiger partial charge on any atom is -0.453 e. The molecule has 0 spiro atoms. The van der Waals surface area contributed by atoms with E-state index in [2.05, 4.69) is 205 Å². The van der Waals surface area contributed by atoms with Gasteiger partial charge in [0.2, 0.25) is 17.7 Å². The first-order valence-electron chi connectivity index (χ1n) is 35.2. The van der Waals surface area contributed by atoms with Crippen molar-refractivity contribution >= 4 is 98.7 Å². The van der Waals surface area contributed by atoms with Crippen LogP contribution in [0.2, 0.25) is 0 Å². The highest BCUT2D eigenvalue weighted by Crippen LogP contribution is 2.51. The number of benzene rings is 14. The molecular weight excluding hydrogens is 1330 g/mol. The maximum atomic E-state index is 9.15. The number of fused-ring (bicyclic) bond motifs is 18. The van der Waals surface area contributed by atoms with Crippen molar-refractivity contribution < 1.29 is 27.5 Å². The number of oxazole rings is 3. The van der Waals surface area contributed by atoms with Crippen LogP contribution in [0.4, 0.5) is 0 Å². The lowest BCUT2D eigenvalue weighted by Gasteiger charge is -2.21. The van der Waals surface area contributed by atoms with Gasteiger partial charge in [-0.05, 0) is 186 Å². The third-order valence-corrected chi connectivity index (χ3v) is 20.5. The number of ether oxygens (including phenoxy) is 3. The van der Waals surface area contributed by atoms with E-state index >= 15 is 0 Å². The molecule has 0 radical (unpaired) electrons. The molecule has 0 bridgehead atoms. The molecule has 14 aromatic carbocycles. The van der Waals surface area contributed by atoms with Gasteiger partial charge in [-0.2, -0.15) is 5.26 Å². The van der Waals surface area contributed by atoms with E-state index in [0.717, 1.165) is 168 Å². The van der Waals surface area contributed by atoms with Crippen molar-refractivity contribution in [2.75, 3.05) is 0 Å². The molecule has 0 aliphatic carbocycles. The predicted molar refractivity (Wildman–Crippen MR) is 420 cm³/mol. The number of pyridine rings is 1. The summed E-state index contributed by atoms with van der Waals surface area (Å²) >= 11 is 0. The van der Waals surface area contributed by atoms with Crippen molar-refractivity contribution in [1.29, 1.82) is 5.26 Å². The first-order valence-corrected chi connectivity index (χ1v) is 35.2. The Bertz CT molecular complexity index is 6960. The van der Waals surface area contributed by atoms with Gasteiger partial charge in [0.1, 0.15) is 16.6 Å². The van der Waals surface area contributed by atoms with Crippen molar-refractivity contribution in [3.8, 4) is 126 Å². The fraction of sp³-hybridized carbons (Fsp3) is 0. The summed E-state index contributed by atoms with van der Waals surface area (Å²) < 4.78 is 44.0. The molecule has 14 nitrogen and oxygen atoms in total. The van der Waals surface area contributed by atoms with E-state index in [1.807, 2.05) is 134 Å². The minimum atomic E-state index is 0.533. The van der Waals surface area contributed by atoms with Crippen molar-refractivity contribution in [1.82, 2.24) is 33.6 Å². The highest BCUT2D eigenvalue weighted by Gasteiger charge is 2.29. The lowest BCUT2D eigenvalue weighted by atomic mass is 10.0. The summed E-state index contributed by atoms with van der Waals surface area (Å²) in [5, 5.41) is 16.2. The van der Waals surface area contributed by atoms with Gasteiger partial charge in [-0.1, -0.05) is 140 Å². The van der Waals surface area contributed by atoms with Gasteiger partial charge < -0.3 is 41.2 Å². The minimum absolute atomic E-state index is 0.533. The average molecular weight is 1380 g/mol. The molecule has 0 amide bonds. The van der Waals surface area contributed by atoms with Gasteiger partial charge in [-0.15, -0.1) is 0 Å². The number of hydrogen-bond donors (Lipinski definition) is 0. The molecule has 0 saturated heterocycles. The monoisotopic (exact) mass is 1380 g/mol. The maximum Gasteiger partial charge on any atom is 0.228 e. The molecule has 3 aliphatic heterocycles. The summed E-state index contributed by atoms with van der Waals surface area (Å²) in [5.41, 5.74) is 24.0. The quantitative estimate of drug-likeness (QED) is 0.156. The van der Waals surface area contributed by atoms with Crippen molar-refractivity contribution in [3.63, 3.8) is 0 Å². The number of rotatable bonds is 6. The Labute approximate surface area is 608 Å². The summed E-state index contributed by atoms with van der Waals surface area (Å²) in [6, 6.07) is 107. The largest absolute Gasteiger partial charge is 0.453 e. The second-order valence-electron chi connectivity index (χ2n) is 26.8. The molecule has 24 rings (SSSR count). The summed E-state index contributed by atoms with van der Waals surface area (Å²) in [4.78, 5) is 18.6. The number of nitrogens with zero attached hydrogens (tertiary/aromatic N) is 8. The molecule has 500 valence electrons. The zero-order chi connectivity index (χ0) is 70.4. The number of para-hydroxylation sites is 13. The first kappa shape index (κ1) is 59.6. The second kappa shape index (κ2) is 23.5. The third-order valence-electron chi connectivity index (χ3n) is 20.5. The van der Waals surface area contributed by atoms with Gasteiger partial charge in [0.15, 0.2) is 51.2 Å². The van der Waals surface area contributed by atoms with E-state index < -0.39 is 0 Å². The van der Waals surface area contributed by atoms with Gasteiger partial charge in [-0.3, -0.25) is 4.98 Å². The molecule has 3 aliphatic rings. The van der Waals surface area contributed by atoms with E-state index in [-0.39, 0.29) is 0 Å². The van der Waals surface area contributed by atoms with Crippen LogP contribution in [-0.2, 0) is 0 Å². The van der Waals surface area contributed by atoms with Crippen molar-refractivity contribution in [2.24, 2.45) is 0 Å².